The second-order valence-electron chi connectivity index (χ2n) is 8.17. The molecule has 0 bridgehead atoms. The van der Waals surface area contributed by atoms with Crippen LogP contribution < -0.4 is 11.1 Å². The van der Waals surface area contributed by atoms with Crippen molar-refractivity contribution in [3.05, 3.63) is 87.9 Å². The Bertz CT molecular complexity index is 1550. The first kappa shape index (κ1) is 24.4. The molecular weight excluding hydrogens is 473 g/mol. The summed E-state index contributed by atoms with van der Waals surface area (Å²) in [7, 11) is 0. The Morgan fingerprint density at radius 1 is 1.11 bits per heavy atom. The maximum atomic E-state index is 13.9. The molecule has 4 aromatic rings. The molecule has 11 heteroatoms. The second-order valence-corrected chi connectivity index (χ2v) is 8.17. The number of nitrogens with zero attached hydrogens (tertiary/aromatic N) is 4. The molecule has 36 heavy (non-hydrogen) atoms. The van der Waals surface area contributed by atoms with Crippen LogP contribution in [0.5, 0.6) is 0 Å². The van der Waals surface area contributed by atoms with Gasteiger partial charge < -0.3 is 11.1 Å². The van der Waals surface area contributed by atoms with E-state index in [9.17, 15) is 22.8 Å². The van der Waals surface area contributed by atoms with Gasteiger partial charge in [-0.2, -0.15) is 23.5 Å². The lowest BCUT2D eigenvalue weighted by Gasteiger charge is -2.12. The molecule has 182 valence electrons. The van der Waals surface area contributed by atoms with Crippen molar-refractivity contribution >= 4 is 28.4 Å². The van der Waals surface area contributed by atoms with E-state index in [1.807, 2.05) is 6.07 Å². The molecule has 8 nitrogen and oxygen atoms in total. The van der Waals surface area contributed by atoms with Gasteiger partial charge in [-0.25, -0.2) is 4.98 Å². The third-order valence-electron chi connectivity index (χ3n) is 5.59. The summed E-state index contributed by atoms with van der Waals surface area (Å²) in [4.78, 5) is 29.1. The van der Waals surface area contributed by atoms with Crippen LogP contribution in [0.3, 0.4) is 0 Å². The standard InChI is InChI=1S/C25H19F3N6O2/c1-13-3-8-19-17(9-13)18(10-20(31-19)23(30)35)24(36)32-21-14(2)34(33-22(21)25(26,27)28)12-16-6-4-15(11-29)5-7-16/h3-10H,12H2,1-2H3,(H2,30,35)(H,32,36). The zero-order valence-electron chi connectivity index (χ0n) is 19.1. The zero-order valence-corrected chi connectivity index (χ0v) is 19.1. The van der Waals surface area contributed by atoms with Crippen LogP contribution in [0.1, 0.15) is 48.9 Å². The Morgan fingerprint density at radius 3 is 2.42 bits per heavy atom. The van der Waals surface area contributed by atoms with E-state index in [1.54, 1.807) is 49.4 Å². The lowest BCUT2D eigenvalue weighted by atomic mass is 10.0. The van der Waals surface area contributed by atoms with E-state index in [-0.39, 0.29) is 23.5 Å². The molecule has 0 saturated carbocycles. The van der Waals surface area contributed by atoms with Crippen LogP contribution in [-0.2, 0) is 12.7 Å². The lowest BCUT2D eigenvalue weighted by Crippen LogP contribution is -2.19. The maximum Gasteiger partial charge on any atom is 0.437 e. The van der Waals surface area contributed by atoms with E-state index in [0.717, 1.165) is 16.3 Å². The van der Waals surface area contributed by atoms with Crippen molar-refractivity contribution in [3.63, 3.8) is 0 Å². The predicted molar refractivity (Wildman–Crippen MR) is 125 cm³/mol. The average molecular weight is 492 g/mol. The van der Waals surface area contributed by atoms with Crippen molar-refractivity contribution in [1.82, 2.24) is 14.8 Å². The molecule has 4 rings (SSSR count). The third-order valence-corrected chi connectivity index (χ3v) is 5.59. The molecule has 0 aliphatic carbocycles. The maximum absolute atomic E-state index is 13.9. The van der Waals surface area contributed by atoms with Crippen LogP contribution in [0.4, 0.5) is 18.9 Å². The fraction of sp³-hybridized carbons (Fsp3) is 0.160. The molecule has 2 aromatic heterocycles. The van der Waals surface area contributed by atoms with Gasteiger partial charge in [0.25, 0.3) is 11.8 Å². The third kappa shape index (κ3) is 4.74. The van der Waals surface area contributed by atoms with Gasteiger partial charge in [-0.1, -0.05) is 23.8 Å². The van der Waals surface area contributed by atoms with Gasteiger partial charge in [-0.05, 0) is 49.7 Å². The summed E-state index contributed by atoms with van der Waals surface area (Å²) in [5.41, 5.74) is 5.53. The Labute approximate surface area is 203 Å². The minimum Gasteiger partial charge on any atom is -0.364 e. The normalized spacial score (nSPS) is 11.3. The minimum atomic E-state index is -4.85. The van der Waals surface area contributed by atoms with E-state index in [0.29, 0.717) is 22.0 Å². The molecule has 0 spiro atoms. The number of hydrogen-bond acceptors (Lipinski definition) is 5. The van der Waals surface area contributed by atoms with Crippen molar-refractivity contribution in [2.24, 2.45) is 5.73 Å². The van der Waals surface area contributed by atoms with Gasteiger partial charge in [0, 0.05) is 5.39 Å². The van der Waals surface area contributed by atoms with Gasteiger partial charge in [0.2, 0.25) is 0 Å². The van der Waals surface area contributed by atoms with Crippen LogP contribution in [-0.4, -0.2) is 26.6 Å². The summed E-state index contributed by atoms with van der Waals surface area (Å²) in [6.45, 7) is 3.17. The predicted octanol–water partition coefficient (Wildman–Crippen LogP) is 4.34. The van der Waals surface area contributed by atoms with Crippen LogP contribution in [0.25, 0.3) is 10.9 Å². The smallest absolute Gasteiger partial charge is 0.364 e. The van der Waals surface area contributed by atoms with Gasteiger partial charge in [-0.3, -0.25) is 14.3 Å². The fourth-order valence-electron chi connectivity index (χ4n) is 3.74. The minimum absolute atomic E-state index is 0.0142. The summed E-state index contributed by atoms with van der Waals surface area (Å²) in [6.07, 6.45) is -4.85. The van der Waals surface area contributed by atoms with Gasteiger partial charge >= 0.3 is 6.18 Å². The van der Waals surface area contributed by atoms with E-state index >= 15 is 0 Å². The number of rotatable bonds is 5. The van der Waals surface area contributed by atoms with Crippen LogP contribution in [0.15, 0.2) is 48.5 Å². The number of alkyl halides is 3. The number of amides is 2. The number of nitrogens with one attached hydrogen (secondary N) is 1. The Hall–Kier alpha value is -4.72. The van der Waals surface area contributed by atoms with E-state index in [2.05, 4.69) is 15.4 Å². The number of benzene rings is 2. The highest BCUT2D eigenvalue weighted by Gasteiger charge is 2.39. The highest BCUT2D eigenvalue weighted by Crippen LogP contribution is 2.36. The number of aryl methyl sites for hydroxylation is 1. The molecule has 2 amide bonds. The number of fused-ring (bicyclic) bond motifs is 1. The van der Waals surface area contributed by atoms with E-state index < -0.39 is 29.4 Å². The number of nitriles is 1. The number of aromatic nitrogens is 3. The number of carbonyl (C=O) groups is 2. The average Bonchev–Trinajstić information content (AvgIpc) is 3.14. The molecule has 2 heterocycles. The highest BCUT2D eigenvalue weighted by atomic mass is 19.4. The summed E-state index contributed by atoms with van der Waals surface area (Å²) in [6, 6.07) is 14.4. The molecule has 0 unspecified atom stereocenters. The molecule has 0 radical (unpaired) electrons. The molecule has 0 atom stereocenters. The van der Waals surface area contributed by atoms with Crippen LogP contribution >= 0.6 is 0 Å². The van der Waals surface area contributed by atoms with Crippen molar-refractivity contribution in [3.8, 4) is 6.07 Å². The molecular formula is C25H19F3N6O2. The quantitative estimate of drug-likeness (QED) is 0.429. The van der Waals surface area contributed by atoms with Crippen molar-refractivity contribution in [1.29, 1.82) is 5.26 Å². The first-order valence-corrected chi connectivity index (χ1v) is 10.6. The van der Waals surface area contributed by atoms with E-state index in [4.69, 9.17) is 11.0 Å². The fourth-order valence-corrected chi connectivity index (χ4v) is 3.74. The summed E-state index contributed by atoms with van der Waals surface area (Å²) >= 11 is 0. The van der Waals surface area contributed by atoms with Crippen molar-refractivity contribution in [2.75, 3.05) is 5.32 Å². The SMILES string of the molecule is Cc1ccc2nc(C(N)=O)cc(C(=O)Nc3c(C(F)(F)F)nn(Cc4ccc(C#N)cc4)c3C)c2c1. The van der Waals surface area contributed by atoms with Crippen LogP contribution in [0, 0.1) is 25.2 Å². The number of pyridine rings is 1. The second kappa shape index (κ2) is 9.14. The Balaban J connectivity index is 1.77. The van der Waals surface area contributed by atoms with Crippen molar-refractivity contribution in [2.45, 2.75) is 26.6 Å². The number of hydrogen-bond donors (Lipinski definition) is 2. The molecule has 2 aromatic carbocycles. The number of nitrogens with two attached hydrogens (primary N) is 1. The summed E-state index contributed by atoms with van der Waals surface area (Å²) in [5, 5.41) is 15.3. The molecule has 0 aliphatic heterocycles. The Kier molecular flexibility index (Phi) is 6.20. The van der Waals surface area contributed by atoms with Crippen molar-refractivity contribution < 1.29 is 22.8 Å². The molecule has 0 fully saturated rings. The number of anilines is 1. The van der Waals surface area contributed by atoms with Crippen LogP contribution in [0.2, 0.25) is 0 Å². The summed E-state index contributed by atoms with van der Waals surface area (Å²) in [5.74, 6) is -1.75. The molecule has 0 saturated heterocycles. The summed E-state index contributed by atoms with van der Waals surface area (Å²) < 4.78 is 42.7. The number of primary amides is 1. The monoisotopic (exact) mass is 492 g/mol. The Morgan fingerprint density at radius 2 is 1.81 bits per heavy atom. The van der Waals surface area contributed by atoms with E-state index in [1.165, 1.54) is 6.92 Å². The first-order valence-electron chi connectivity index (χ1n) is 10.6. The topological polar surface area (TPSA) is 127 Å². The number of carbonyl (C=O) groups excluding carboxylic acids is 2. The van der Waals surface area contributed by atoms with Gasteiger partial charge in [0.05, 0.1) is 40.6 Å². The number of halogens is 3. The van der Waals surface area contributed by atoms with Gasteiger partial charge in [-0.15, -0.1) is 0 Å². The van der Waals surface area contributed by atoms with Gasteiger partial charge in [0.15, 0.2) is 5.69 Å². The van der Waals surface area contributed by atoms with Gasteiger partial charge in [0.1, 0.15) is 5.69 Å². The molecule has 3 N–H and O–H groups in total. The molecule has 0 aliphatic rings. The largest absolute Gasteiger partial charge is 0.437 e. The lowest BCUT2D eigenvalue weighted by molar-refractivity contribution is -0.140. The zero-order chi connectivity index (χ0) is 26.2. The highest BCUT2D eigenvalue weighted by molar-refractivity contribution is 6.14. The first-order chi connectivity index (χ1) is 17.0.